The number of alkyl halides is 2. The third-order valence-corrected chi connectivity index (χ3v) is 6.45. The number of carbonyl (C=O) groups is 1. The average molecular weight is 709 g/mol. The molecule has 0 aromatic heterocycles. The van der Waals surface area contributed by atoms with Gasteiger partial charge < -0.3 is 28.4 Å². The zero-order valence-corrected chi connectivity index (χ0v) is 28.4. The molecule has 12 heteroatoms. The number of rotatable bonds is 24. The first-order chi connectivity index (χ1) is 24.4. The summed E-state index contributed by atoms with van der Waals surface area (Å²) in [7, 11) is 0. The zero-order valence-electron chi connectivity index (χ0n) is 28.4. The molecular weight excluding hydrogens is 660 g/mol. The molecule has 276 valence electrons. The van der Waals surface area contributed by atoms with Gasteiger partial charge in [0, 0.05) is 16.7 Å². The molecule has 0 saturated carbocycles. The third-order valence-electron chi connectivity index (χ3n) is 6.45. The fraction of sp³-hybridized carbons (Fsp3) is 0.395. The van der Waals surface area contributed by atoms with Crippen LogP contribution < -0.4 is 19.2 Å². The second-order valence-electron chi connectivity index (χ2n) is 10.3. The van der Waals surface area contributed by atoms with Gasteiger partial charge in [-0.15, -0.1) is 0 Å². The fourth-order valence-electron chi connectivity index (χ4n) is 3.86. The largest absolute Gasteiger partial charge is 0.494 e. The van der Waals surface area contributed by atoms with Gasteiger partial charge in [0.25, 0.3) is 0 Å². The van der Waals surface area contributed by atoms with Gasteiger partial charge in [0.05, 0.1) is 32.7 Å². The number of hydrogen-bond acceptors (Lipinski definition) is 8. The van der Waals surface area contributed by atoms with Crippen LogP contribution in [0, 0.1) is 5.82 Å². The lowest BCUT2D eigenvalue weighted by atomic mass is 10.2. The normalized spacial score (nSPS) is 9.92. The lowest BCUT2D eigenvalue weighted by Gasteiger charge is -2.06. The number of benzene rings is 3. The maximum Gasteiger partial charge on any atom is 0.330 e. The van der Waals surface area contributed by atoms with E-state index >= 15 is 0 Å². The SMILES string of the molecule is C=CC(=O)OCCCCCCOc1ccc(CF)cc1.C=COCOCCCCCCOc1ccc(F)cc1.FCOc1cccc(OF)c1. The Balaban J connectivity index is 0.000000390. The predicted octanol–water partition coefficient (Wildman–Crippen LogP) is 9.98. The maximum absolute atomic E-state index is 12.6. The molecule has 0 fully saturated rings. The number of carbonyl (C=O) groups excluding carboxylic acids is 1. The molecule has 0 aliphatic heterocycles. The minimum atomic E-state index is -0.935. The molecule has 8 nitrogen and oxygen atoms in total. The number of halogens is 4. The summed E-state index contributed by atoms with van der Waals surface area (Å²) in [5, 5.41) is 0. The number of esters is 1. The molecule has 3 aromatic rings. The quantitative estimate of drug-likeness (QED) is 0.0227. The van der Waals surface area contributed by atoms with Crippen LogP contribution >= 0.6 is 0 Å². The molecule has 0 N–H and O–H groups in total. The Morgan fingerprint density at radius 3 is 1.76 bits per heavy atom. The zero-order chi connectivity index (χ0) is 36.5. The maximum atomic E-state index is 12.6. The van der Waals surface area contributed by atoms with Crippen molar-refractivity contribution in [3.63, 3.8) is 0 Å². The van der Waals surface area contributed by atoms with E-state index < -0.39 is 13.5 Å². The van der Waals surface area contributed by atoms with Crippen molar-refractivity contribution < 1.29 is 55.9 Å². The van der Waals surface area contributed by atoms with Crippen molar-refractivity contribution in [1.29, 1.82) is 0 Å². The van der Waals surface area contributed by atoms with Gasteiger partial charge >= 0.3 is 5.97 Å². The van der Waals surface area contributed by atoms with E-state index in [2.05, 4.69) is 22.8 Å². The molecule has 3 rings (SSSR count). The van der Waals surface area contributed by atoms with Gasteiger partial charge in [-0.25, -0.2) is 18.0 Å². The minimum absolute atomic E-state index is 0.00375. The van der Waals surface area contributed by atoms with Crippen LogP contribution in [0.25, 0.3) is 0 Å². The summed E-state index contributed by atoms with van der Waals surface area (Å²) in [6.45, 7) is 8.08. The van der Waals surface area contributed by atoms with Gasteiger partial charge in [0.2, 0.25) is 6.86 Å². The molecule has 0 radical (unpaired) electrons. The Bertz CT molecular complexity index is 1280. The average Bonchev–Trinajstić information content (AvgIpc) is 3.15. The summed E-state index contributed by atoms with van der Waals surface area (Å²) in [6.07, 6.45) is 10.5. The van der Waals surface area contributed by atoms with Crippen molar-refractivity contribution in [3.8, 4) is 23.0 Å². The molecule has 0 unspecified atom stereocenters. The van der Waals surface area contributed by atoms with Crippen molar-refractivity contribution in [3.05, 3.63) is 110 Å². The van der Waals surface area contributed by atoms with Crippen molar-refractivity contribution in [2.75, 3.05) is 40.1 Å². The van der Waals surface area contributed by atoms with Crippen molar-refractivity contribution >= 4 is 5.97 Å². The van der Waals surface area contributed by atoms with Crippen LogP contribution in [0.5, 0.6) is 23.0 Å². The van der Waals surface area contributed by atoms with E-state index in [4.69, 9.17) is 23.7 Å². The van der Waals surface area contributed by atoms with E-state index in [1.807, 2.05) is 0 Å². The second kappa shape index (κ2) is 30.4. The molecule has 0 bridgehead atoms. The molecule has 3 aromatic carbocycles. The molecule has 0 aliphatic carbocycles. The lowest BCUT2D eigenvalue weighted by Crippen LogP contribution is -2.02. The van der Waals surface area contributed by atoms with Gasteiger partial charge in [-0.05, 0) is 99.0 Å². The van der Waals surface area contributed by atoms with Crippen LogP contribution in [0.3, 0.4) is 0 Å². The summed E-state index contributed by atoms with van der Waals surface area (Å²) in [6, 6.07) is 18.7. The number of hydrogen-bond donors (Lipinski definition) is 0. The lowest BCUT2D eigenvalue weighted by molar-refractivity contribution is -0.137. The first-order valence-electron chi connectivity index (χ1n) is 16.3. The van der Waals surface area contributed by atoms with Gasteiger partial charge in [-0.2, -0.15) is 0 Å². The van der Waals surface area contributed by atoms with Gasteiger partial charge in [0.15, 0.2) is 12.5 Å². The van der Waals surface area contributed by atoms with Crippen LogP contribution in [0.4, 0.5) is 17.7 Å². The smallest absolute Gasteiger partial charge is 0.330 e. The Morgan fingerprint density at radius 1 is 0.660 bits per heavy atom. The monoisotopic (exact) mass is 708 g/mol. The van der Waals surface area contributed by atoms with Gasteiger partial charge in [0.1, 0.15) is 29.7 Å². The summed E-state index contributed by atoms with van der Waals surface area (Å²) in [5.74, 6) is 1.10. The van der Waals surface area contributed by atoms with E-state index in [1.165, 1.54) is 48.7 Å². The number of unbranched alkanes of at least 4 members (excludes halogenated alkanes) is 6. The highest BCUT2D eigenvalue weighted by Crippen LogP contribution is 2.19. The van der Waals surface area contributed by atoms with Crippen molar-refractivity contribution in [2.45, 2.75) is 58.0 Å². The molecule has 0 amide bonds. The fourth-order valence-corrected chi connectivity index (χ4v) is 3.86. The van der Waals surface area contributed by atoms with Crippen LogP contribution in [-0.4, -0.2) is 46.1 Å². The Morgan fingerprint density at radius 2 is 1.22 bits per heavy atom. The number of ether oxygens (including phenoxy) is 6. The van der Waals surface area contributed by atoms with E-state index in [1.54, 1.807) is 36.4 Å². The first-order valence-corrected chi connectivity index (χ1v) is 16.3. The van der Waals surface area contributed by atoms with Crippen LogP contribution in [0.2, 0.25) is 0 Å². The van der Waals surface area contributed by atoms with E-state index in [0.717, 1.165) is 57.1 Å². The molecule has 0 atom stereocenters. The van der Waals surface area contributed by atoms with Crippen LogP contribution in [0.1, 0.15) is 56.9 Å². The van der Waals surface area contributed by atoms with Crippen molar-refractivity contribution in [2.24, 2.45) is 0 Å². The van der Waals surface area contributed by atoms with Crippen LogP contribution in [0.15, 0.2) is 98.3 Å². The first kappa shape index (κ1) is 43.3. The standard InChI is InChI=1S/C16H21FO3.C15H21FO3.C7H6F2O2/c1-2-16(18)20-12-6-4-3-5-11-19-15-9-7-14(13-17)8-10-15;1-2-17-13-18-11-5-3-4-6-12-19-15-9-7-14(16)8-10-15;8-5-10-6-2-1-3-7(4-6)11-9/h2,7-10H,1,3-6,11-13H2;2,7-10H,1,3-6,11-13H2;1-4H,5H2. The molecule has 0 spiro atoms. The summed E-state index contributed by atoms with van der Waals surface area (Å²) >= 11 is 0. The molecule has 50 heavy (non-hydrogen) atoms. The van der Waals surface area contributed by atoms with Gasteiger partial charge in [-0.1, -0.05) is 37.8 Å². The molecule has 0 aliphatic rings. The minimum Gasteiger partial charge on any atom is -0.494 e. The van der Waals surface area contributed by atoms with E-state index in [0.29, 0.717) is 37.7 Å². The molecule has 0 heterocycles. The third kappa shape index (κ3) is 23.6. The van der Waals surface area contributed by atoms with Gasteiger partial charge in [-0.3, -0.25) is 4.94 Å². The highest BCUT2D eigenvalue weighted by Gasteiger charge is 1.99. The summed E-state index contributed by atoms with van der Waals surface area (Å²) in [5.41, 5.74) is 0.659. The highest BCUT2D eigenvalue weighted by molar-refractivity contribution is 5.81. The molecule has 0 saturated heterocycles. The second-order valence-corrected chi connectivity index (χ2v) is 10.3. The topological polar surface area (TPSA) is 81.7 Å². The van der Waals surface area contributed by atoms with Crippen molar-refractivity contribution in [1.82, 2.24) is 0 Å². The van der Waals surface area contributed by atoms with E-state index in [-0.39, 0.29) is 30.1 Å². The Kier molecular flexibility index (Phi) is 26.3. The summed E-state index contributed by atoms with van der Waals surface area (Å²) < 4.78 is 78.4. The Labute approximate surface area is 292 Å². The predicted molar refractivity (Wildman–Crippen MR) is 184 cm³/mol. The van der Waals surface area contributed by atoms with Crippen LogP contribution in [-0.2, 0) is 25.7 Å². The van der Waals surface area contributed by atoms with E-state index in [9.17, 15) is 22.5 Å². The Hall–Kier alpha value is -4.71. The highest BCUT2D eigenvalue weighted by atomic mass is 19.3. The molecular formula is C38H48F4O8. The summed E-state index contributed by atoms with van der Waals surface area (Å²) in [4.78, 5) is 14.2.